The van der Waals surface area contributed by atoms with Gasteiger partial charge in [-0.3, -0.25) is 14.5 Å². The van der Waals surface area contributed by atoms with E-state index in [0.717, 1.165) is 30.6 Å². The Kier molecular flexibility index (Phi) is 6.49. The highest BCUT2D eigenvalue weighted by molar-refractivity contribution is 7.10. The number of hydrogen-bond acceptors (Lipinski definition) is 5. The molecule has 2 aromatic carbocycles. The second kappa shape index (κ2) is 9.85. The zero-order valence-electron chi connectivity index (χ0n) is 18.5. The van der Waals surface area contributed by atoms with Gasteiger partial charge < -0.3 is 14.8 Å². The number of thiophene rings is 1. The van der Waals surface area contributed by atoms with Gasteiger partial charge >= 0.3 is 0 Å². The molecule has 2 amide bonds. The minimum atomic E-state index is -1.17. The fraction of sp³-hybridized carbons (Fsp3) is 0.308. The summed E-state index contributed by atoms with van der Waals surface area (Å²) in [6.45, 7) is 0.0842. The molecule has 0 spiro atoms. The highest BCUT2D eigenvalue weighted by Gasteiger charge is 2.36. The Balaban J connectivity index is 1.58. The smallest absolute Gasteiger partial charge is 0.248 e. The zero-order valence-corrected chi connectivity index (χ0v) is 19.4. The van der Waals surface area contributed by atoms with Crippen molar-refractivity contribution in [2.75, 3.05) is 11.7 Å². The Labute approximate surface area is 201 Å². The number of fused-ring (bicyclic) bond motifs is 1. The van der Waals surface area contributed by atoms with Crippen molar-refractivity contribution in [1.29, 1.82) is 0 Å². The molecule has 0 bridgehead atoms. The molecule has 2 aliphatic rings. The molecule has 1 aliphatic carbocycles. The number of carbonyl (C=O) groups is 2. The Morgan fingerprint density at radius 1 is 1.06 bits per heavy atom. The van der Waals surface area contributed by atoms with Crippen LogP contribution in [0.4, 0.5) is 10.1 Å². The van der Waals surface area contributed by atoms with Crippen LogP contribution in [0.5, 0.6) is 11.5 Å². The summed E-state index contributed by atoms with van der Waals surface area (Å²) in [5.41, 5.74) is 0.593. The lowest BCUT2D eigenvalue weighted by Crippen LogP contribution is -2.47. The average Bonchev–Trinajstić information content (AvgIpc) is 3.60. The van der Waals surface area contributed by atoms with Crippen molar-refractivity contribution in [3.8, 4) is 11.5 Å². The third-order valence-corrected chi connectivity index (χ3v) is 7.09. The molecule has 1 aliphatic heterocycles. The van der Waals surface area contributed by atoms with Crippen LogP contribution >= 0.6 is 11.3 Å². The minimum absolute atomic E-state index is 0.0211. The Bertz CT molecular complexity index is 1180. The van der Waals surface area contributed by atoms with Gasteiger partial charge in [0.2, 0.25) is 18.6 Å². The first-order valence-corrected chi connectivity index (χ1v) is 12.3. The van der Waals surface area contributed by atoms with Gasteiger partial charge in [0.15, 0.2) is 11.5 Å². The number of benzene rings is 2. The van der Waals surface area contributed by atoms with E-state index in [1.165, 1.54) is 22.3 Å². The summed E-state index contributed by atoms with van der Waals surface area (Å²) in [6.07, 6.45) is 3.93. The monoisotopic (exact) mass is 480 g/mol. The van der Waals surface area contributed by atoms with E-state index < -0.39 is 17.8 Å². The number of ether oxygens (including phenoxy) is 2. The van der Waals surface area contributed by atoms with E-state index in [-0.39, 0.29) is 30.7 Å². The molecule has 0 saturated heterocycles. The van der Waals surface area contributed by atoms with Crippen LogP contribution in [0, 0.1) is 5.82 Å². The number of carbonyl (C=O) groups excluding carboxylic acids is 2. The Morgan fingerprint density at radius 3 is 2.62 bits per heavy atom. The van der Waals surface area contributed by atoms with Gasteiger partial charge in [-0.2, -0.15) is 0 Å². The number of amides is 2. The maximum atomic E-state index is 15.1. The minimum Gasteiger partial charge on any atom is -0.454 e. The fourth-order valence-electron chi connectivity index (χ4n) is 4.56. The van der Waals surface area contributed by atoms with Gasteiger partial charge in [-0.05, 0) is 42.5 Å². The van der Waals surface area contributed by atoms with Crippen LogP contribution in [0.2, 0.25) is 0 Å². The molecule has 5 rings (SSSR count). The predicted molar refractivity (Wildman–Crippen MR) is 128 cm³/mol. The van der Waals surface area contributed by atoms with Crippen LogP contribution in [0.3, 0.4) is 0 Å². The lowest BCUT2D eigenvalue weighted by molar-refractivity contribution is -0.127. The summed E-state index contributed by atoms with van der Waals surface area (Å²) in [5, 5.41) is 4.97. The Hall–Kier alpha value is -3.39. The van der Waals surface area contributed by atoms with Crippen molar-refractivity contribution >= 4 is 28.8 Å². The van der Waals surface area contributed by atoms with Gasteiger partial charge in [-0.25, -0.2) is 4.39 Å². The van der Waals surface area contributed by atoms with Crippen LogP contribution in [0.25, 0.3) is 0 Å². The van der Waals surface area contributed by atoms with Gasteiger partial charge in [0.25, 0.3) is 0 Å². The molecule has 1 atom stereocenters. The van der Waals surface area contributed by atoms with E-state index in [1.807, 2.05) is 17.5 Å². The summed E-state index contributed by atoms with van der Waals surface area (Å²) < 4.78 is 26.0. The second-order valence-electron chi connectivity index (χ2n) is 8.47. The highest BCUT2D eigenvalue weighted by atomic mass is 32.1. The molecule has 6 nitrogen and oxygen atoms in total. The predicted octanol–water partition coefficient (Wildman–Crippen LogP) is 4.99. The van der Waals surface area contributed by atoms with Gasteiger partial charge in [-0.15, -0.1) is 11.3 Å². The standard InChI is InChI=1S/C26H25FN2O4S/c27-21-10-4-3-9-20(21)25(26(31)28-17-6-1-2-7-17)29(24(30)15-19-8-5-13-34-19)18-11-12-22-23(14-18)33-16-32-22/h3-5,8-14,17,25H,1-2,6-7,15-16H2,(H,28,31)/t25-/m0/s1. The molecular formula is C26H25FN2O4S. The van der Waals surface area contributed by atoms with E-state index in [1.54, 1.807) is 36.4 Å². The Morgan fingerprint density at radius 2 is 1.85 bits per heavy atom. The van der Waals surface area contributed by atoms with Crippen LogP contribution in [-0.2, 0) is 16.0 Å². The summed E-state index contributed by atoms with van der Waals surface area (Å²) >= 11 is 1.46. The molecule has 1 fully saturated rings. The molecule has 1 aromatic heterocycles. The average molecular weight is 481 g/mol. The van der Waals surface area contributed by atoms with Crippen LogP contribution in [0.15, 0.2) is 60.0 Å². The van der Waals surface area contributed by atoms with E-state index in [2.05, 4.69) is 5.32 Å². The number of anilines is 1. The second-order valence-corrected chi connectivity index (χ2v) is 9.50. The van der Waals surface area contributed by atoms with Crippen molar-refractivity contribution in [2.45, 2.75) is 44.2 Å². The summed E-state index contributed by atoms with van der Waals surface area (Å²) in [5.74, 6) is -0.198. The fourth-order valence-corrected chi connectivity index (χ4v) is 5.26. The molecule has 3 aromatic rings. The largest absolute Gasteiger partial charge is 0.454 e. The molecule has 0 unspecified atom stereocenters. The number of rotatable bonds is 7. The SMILES string of the molecule is O=C(NC1CCCC1)[C@H](c1ccccc1F)N(C(=O)Cc1cccs1)c1ccc2c(c1)OCO2. The third-order valence-electron chi connectivity index (χ3n) is 6.22. The summed E-state index contributed by atoms with van der Waals surface area (Å²) in [7, 11) is 0. The lowest BCUT2D eigenvalue weighted by Gasteiger charge is -2.32. The van der Waals surface area contributed by atoms with E-state index in [0.29, 0.717) is 17.2 Å². The first-order valence-electron chi connectivity index (χ1n) is 11.4. The molecule has 8 heteroatoms. The van der Waals surface area contributed by atoms with Crippen molar-refractivity contribution in [1.82, 2.24) is 5.32 Å². The van der Waals surface area contributed by atoms with Gasteiger partial charge in [0, 0.05) is 28.2 Å². The first-order chi connectivity index (χ1) is 16.6. The van der Waals surface area contributed by atoms with Gasteiger partial charge in [0.05, 0.1) is 6.42 Å². The normalized spacial score (nSPS) is 15.8. The quantitative estimate of drug-likeness (QED) is 0.517. The van der Waals surface area contributed by atoms with Gasteiger partial charge in [-0.1, -0.05) is 37.1 Å². The van der Waals surface area contributed by atoms with Crippen LogP contribution in [-0.4, -0.2) is 24.6 Å². The molecular weight excluding hydrogens is 455 g/mol. The molecule has 1 N–H and O–H groups in total. The molecule has 1 saturated carbocycles. The molecule has 0 radical (unpaired) electrons. The topological polar surface area (TPSA) is 67.9 Å². The molecule has 34 heavy (non-hydrogen) atoms. The number of nitrogens with one attached hydrogen (secondary N) is 1. The van der Waals surface area contributed by atoms with Crippen LogP contribution in [0.1, 0.15) is 42.2 Å². The molecule has 2 heterocycles. The van der Waals surface area contributed by atoms with Crippen molar-refractivity contribution in [3.05, 3.63) is 76.2 Å². The highest BCUT2D eigenvalue weighted by Crippen LogP contribution is 2.39. The van der Waals surface area contributed by atoms with Crippen molar-refractivity contribution < 1.29 is 23.5 Å². The third kappa shape index (κ3) is 4.63. The summed E-state index contributed by atoms with van der Waals surface area (Å²) in [6, 6.07) is 13.8. The first kappa shape index (κ1) is 22.4. The van der Waals surface area contributed by atoms with E-state index in [4.69, 9.17) is 9.47 Å². The lowest BCUT2D eigenvalue weighted by atomic mass is 10.0. The van der Waals surface area contributed by atoms with Crippen LogP contribution < -0.4 is 19.7 Å². The van der Waals surface area contributed by atoms with Crippen molar-refractivity contribution in [3.63, 3.8) is 0 Å². The number of nitrogens with zero attached hydrogens (tertiary/aromatic N) is 1. The summed E-state index contributed by atoms with van der Waals surface area (Å²) in [4.78, 5) is 29.7. The number of hydrogen-bond donors (Lipinski definition) is 1. The van der Waals surface area contributed by atoms with Crippen molar-refractivity contribution in [2.24, 2.45) is 0 Å². The zero-order chi connectivity index (χ0) is 23.5. The van der Waals surface area contributed by atoms with E-state index >= 15 is 4.39 Å². The molecule has 176 valence electrons. The maximum absolute atomic E-state index is 15.1. The van der Waals surface area contributed by atoms with E-state index in [9.17, 15) is 9.59 Å². The number of halogens is 1. The van der Waals surface area contributed by atoms with Gasteiger partial charge in [0.1, 0.15) is 11.9 Å². The maximum Gasteiger partial charge on any atom is 0.248 e.